The zero-order valence-corrected chi connectivity index (χ0v) is 14.1. The largest absolute Gasteiger partial charge is 0.385 e. The second kappa shape index (κ2) is 6.31. The van der Waals surface area contributed by atoms with Crippen LogP contribution in [-0.4, -0.2) is 12.5 Å². The van der Waals surface area contributed by atoms with E-state index in [1.54, 1.807) is 0 Å². The Morgan fingerprint density at radius 3 is 2.83 bits per heavy atom. The number of fused-ring (bicyclic) bond motifs is 3. The molecule has 0 radical (unpaired) electrons. The summed E-state index contributed by atoms with van der Waals surface area (Å²) in [5.41, 5.74) is 4.45. The molecule has 1 heterocycles. The SMILES string of the molecule is C[C@H](NC(=O)c1ccc2c(c1)C1CCCC1CN2)c1ccccc1. The molecule has 2 unspecified atom stereocenters. The molecule has 3 heteroatoms. The van der Waals surface area contributed by atoms with Crippen molar-refractivity contribution in [2.75, 3.05) is 11.9 Å². The highest BCUT2D eigenvalue weighted by atomic mass is 16.1. The zero-order valence-electron chi connectivity index (χ0n) is 14.1. The first-order valence-electron chi connectivity index (χ1n) is 8.96. The van der Waals surface area contributed by atoms with Crippen LogP contribution in [0, 0.1) is 5.92 Å². The highest BCUT2D eigenvalue weighted by Crippen LogP contribution is 2.45. The summed E-state index contributed by atoms with van der Waals surface area (Å²) in [6.45, 7) is 3.11. The van der Waals surface area contributed by atoms with Crippen molar-refractivity contribution >= 4 is 11.6 Å². The summed E-state index contributed by atoms with van der Waals surface area (Å²) in [7, 11) is 0. The number of benzene rings is 2. The molecular weight excluding hydrogens is 296 g/mol. The van der Waals surface area contributed by atoms with E-state index in [0.29, 0.717) is 5.92 Å². The molecule has 3 atom stereocenters. The topological polar surface area (TPSA) is 41.1 Å². The molecule has 0 aromatic heterocycles. The van der Waals surface area contributed by atoms with Crippen molar-refractivity contribution in [2.24, 2.45) is 5.92 Å². The van der Waals surface area contributed by atoms with Gasteiger partial charge in [-0.15, -0.1) is 0 Å². The van der Waals surface area contributed by atoms with Crippen molar-refractivity contribution in [3.8, 4) is 0 Å². The first-order valence-corrected chi connectivity index (χ1v) is 8.96. The van der Waals surface area contributed by atoms with Crippen LogP contribution in [0.15, 0.2) is 48.5 Å². The van der Waals surface area contributed by atoms with Gasteiger partial charge in [0.15, 0.2) is 0 Å². The quantitative estimate of drug-likeness (QED) is 0.875. The Morgan fingerprint density at radius 2 is 2.00 bits per heavy atom. The Kier molecular flexibility index (Phi) is 4.01. The summed E-state index contributed by atoms with van der Waals surface area (Å²) in [4.78, 5) is 12.7. The van der Waals surface area contributed by atoms with Gasteiger partial charge >= 0.3 is 0 Å². The van der Waals surface area contributed by atoms with Gasteiger partial charge in [0.25, 0.3) is 5.91 Å². The average molecular weight is 320 g/mol. The zero-order chi connectivity index (χ0) is 16.5. The maximum absolute atomic E-state index is 12.7. The van der Waals surface area contributed by atoms with Crippen LogP contribution in [0.25, 0.3) is 0 Å². The van der Waals surface area contributed by atoms with Gasteiger partial charge in [0.1, 0.15) is 0 Å². The Labute approximate surface area is 143 Å². The number of carbonyl (C=O) groups is 1. The van der Waals surface area contributed by atoms with Crippen LogP contribution < -0.4 is 10.6 Å². The molecule has 1 aliphatic carbocycles. The fourth-order valence-electron chi connectivity index (χ4n) is 4.21. The van der Waals surface area contributed by atoms with E-state index in [9.17, 15) is 4.79 Å². The third-order valence-electron chi connectivity index (χ3n) is 5.57. The molecule has 1 saturated carbocycles. The third kappa shape index (κ3) is 2.79. The van der Waals surface area contributed by atoms with E-state index in [0.717, 1.165) is 23.6 Å². The van der Waals surface area contributed by atoms with Crippen molar-refractivity contribution < 1.29 is 4.79 Å². The molecule has 1 aliphatic heterocycles. The van der Waals surface area contributed by atoms with E-state index in [1.807, 2.05) is 43.3 Å². The van der Waals surface area contributed by atoms with Crippen molar-refractivity contribution in [1.82, 2.24) is 5.32 Å². The lowest BCUT2D eigenvalue weighted by Crippen LogP contribution is -2.28. The van der Waals surface area contributed by atoms with Gasteiger partial charge in [-0.2, -0.15) is 0 Å². The van der Waals surface area contributed by atoms with E-state index in [1.165, 1.54) is 30.5 Å². The van der Waals surface area contributed by atoms with Gasteiger partial charge < -0.3 is 10.6 Å². The first-order chi connectivity index (χ1) is 11.7. The number of amides is 1. The fraction of sp³-hybridized carbons (Fsp3) is 0.381. The smallest absolute Gasteiger partial charge is 0.251 e. The molecule has 4 rings (SSSR count). The molecule has 2 N–H and O–H groups in total. The van der Waals surface area contributed by atoms with Crippen LogP contribution >= 0.6 is 0 Å². The normalized spacial score (nSPS) is 22.9. The van der Waals surface area contributed by atoms with E-state index >= 15 is 0 Å². The minimum absolute atomic E-state index is 0.00656. The molecular formula is C21H24N2O. The van der Waals surface area contributed by atoms with Crippen LogP contribution in [-0.2, 0) is 0 Å². The monoisotopic (exact) mass is 320 g/mol. The lowest BCUT2D eigenvalue weighted by molar-refractivity contribution is 0.0939. The molecule has 0 saturated heterocycles. The summed E-state index contributed by atoms with van der Waals surface area (Å²) in [5, 5.41) is 6.65. The summed E-state index contributed by atoms with van der Waals surface area (Å²) in [5.74, 6) is 1.37. The molecule has 0 bridgehead atoms. The van der Waals surface area contributed by atoms with Gasteiger partial charge in [0.05, 0.1) is 6.04 Å². The van der Waals surface area contributed by atoms with Crippen molar-refractivity contribution in [3.05, 3.63) is 65.2 Å². The second-order valence-corrected chi connectivity index (χ2v) is 7.09. The van der Waals surface area contributed by atoms with E-state index in [-0.39, 0.29) is 11.9 Å². The minimum atomic E-state index is 0.00656. The average Bonchev–Trinajstić information content (AvgIpc) is 3.11. The Hall–Kier alpha value is -2.29. The molecule has 1 amide bonds. The van der Waals surface area contributed by atoms with Crippen molar-refractivity contribution in [3.63, 3.8) is 0 Å². The third-order valence-corrected chi connectivity index (χ3v) is 5.57. The molecule has 2 aromatic rings. The lowest BCUT2D eigenvalue weighted by atomic mass is 9.84. The first kappa shape index (κ1) is 15.3. The highest BCUT2D eigenvalue weighted by Gasteiger charge is 2.33. The van der Waals surface area contributed by atoms with Crippen molar-refractivity contribution in [2.45, 2.75) is 38.1 Å². The summed E-state index contributed by atoms with van der Waals surface area (Å²) >= 11 is 0. The van der Waals surface area contributed by atoms with Gasteiger partial charge in [-0.05, 0) is 60.9 Å². The predicted molar refractivity (Wildman–Crippen MR) is 97.3 cm³/mol. The minimum Gasteiger partial charge on any atom is -0.385 e. The van der Waals surface area contributed by atoms with Crippen LogP contribution in [0.1, 0.15) is 59.6 Å². The Bertz CT molecular complexity index is 741. The number of carbonyl (C=O) groups excluding carboxylic acids is 1. The Balaban J connectivity index is 1.54. The molecule has 1 fully saturated rings. The van der Waals surface area contributed by atoms with Crippen molar-refractivity contribution in [1.29, 1.82) is 0 Å². The van der Waals surface area contributed by atoms with Gasteiger partial charge in [-0.3, -0.25) is 4.79 Å². The van der Waals surface area contributed by atoms with Gasteiger partial charge in [-0.25, -0.2) is 0 Å². The molecule has 2 aromatic carbocycles. The van der Waals surface area contributed by atoms with Gasteiger partial charge in [-0.1, -0.05) is 36.8 Å². The maximum Gasteiger partial charge on any atom is 0.251 e. The number of anilines is 1. The second-order valence-electron chi connectivity index (χ2n) is 7.09. The summed E-state index contributed by atoms with van der Waals surface area (Å²) in [6.07, 6.45) is 3.86. The van der Waals surface area contributed by atoms with Gasteiger partial charge in [0, 0.05) is 17.8 Å². The lowest BCUT2D eigenvalue weighted by Gasteiger charge is -2.30. The molecule has 2 aliphatic rings. The predicted octanol–water partition coefficient (Wildman–Crippen LogP) is 4.49. The molecule has 0 spiro atoms. The summed E-state index contributed by atoms with van der Waals surface area (Å²) in [6, 6.07) is 16.2. The molecule has 3 nitrogen and oxygen atoms in total. The standard InChI is InChI=1S/C21H24N2O/c1-14(15-6-3-2-4-7-15)23-21(24)16-10-11-20-19(12-16)18-9-5-8-17(18)13-22-20/h2-4,6-7,10-12,14,17-18,22H,5,8-9,13H2,1H3,(H,23,24)/t14-,17?,18?/m0/s1. The van der Waals surface area contributed by atoms with E-state index in [4.69, 9.17) is 0 Å². The molecule has 124 valence electrons. The van der Waals surface area contributed by atoms with Crippen LogP contribution in [0.5, 0.6) is 0 Å². The fourth-order valence-corrected chi connectivity index (χ4v) is 4.21. The Morgan fingerprint density at radius 1 is 1.17 bits per heavy atom. The highest BCUT2D eigenvalue weighted by molar-refractivity contribution is 5.95. The number of hydrogen-bond donors (Lipinski definition) is 2. The van der Waals surface area contributed by atoms with Crippen LogP contribution in [0.2, 0.25) is 0 Å². The summed E-state index contributed by atoms with van der Waals surface area (Å²) < 4.78 is 0. The maximum atomic E-state index is 12.7. The number of hydrogen-bond acceptors (Lipinski definition) is 2. The number of nitrogens with one attached hydrogen (secondary N) is 2. The van der Waals surface area contributed by atoms with E-state index in [2.05, 4.69) is 22.8 Å². The number of rotatable bonds is 3. The molecule has 24 heavy (non-hydrogen) atoms. The van der Waals surface area contributed by atoms with Gasteiger partial charge in [0.2, 0.25) is 0 Å². The van der Waals surface area contributed by atoms with Crippen LogP contribution in [0.3, 0.4) is 0 Å². The van der Waals surface area contributed by atoms with Crippen LogP contribution in [0.4, 0.5) is 5.69 Å². The van der Waals surface area contributed by atoms with E-state index < -0.39 is 0 Å².